The van der Waals surface area contributed by atoms with Gasteiger partial charge in [0.2, 0.25) is 0 Å². The molecule has 0 radical (unpaired) electrons. The summed E-state index contributed by atoms with van der Waals surface area (Å²) in [6, 6.07) is 10.2. The first kappa shape index (κ1) is 17.8. The van der Waals surface area contributed by atoms with Crippen LogP contribution >= 0.6 is 11.8 Å². The van der Waals surface area contributed by atoms with E-state index in [4.69, 9.17) is 4.99 Å². The Hall–Kier alpha value is -1.22. The van der Waals surface area contributed by atoms with Crippen LogP contribution in [-0.4, -0.2) is 28.9 Å². The van der Waals surface area contributed by atoms with Crippen LogP contribution in [-0.2, 0) is 0 Å². The first-order chi connectivity index (χ1) is 10.3. The van der Waals surface area contributed by atoms with Crippen molar-refractivity contribution in [2.75, 3.05) is 18.8 Å². The maximum Gasteiger partial charge on any atom is 0.164 e. The van der Waals surface area contributed by atoms with Crippen LogP contribution in [0.25, 0.3) is 0 Å². The number of amidine groups is 1. The maximum atomic E-state index is 4.86. The summed E-state index contributed by atoms with van der Waals surface area (Å²) in [5.41, 5.74) is 1.03. The molecule has 1 aromatic rings. The maximum absolute atomic E-state index is 4.86. The summed E-state index contributed by atoms with van der Waals surface area (Å²) in [5.74, 6) is 0.903. The average molecular weight is 305 g/mol. The van der Waals surface area contributed by atoms with Gasteiger partial charge in [-0.2, -0.15) is 0 Å². The normalized spacial score (nSPS) is 11.4. The van der Waals surface area contributed by atoms with E-state index in [0.717, 1.165) is 29.7 Å². The Balaban J connectivity index is 2.88. The van der Waals surface area contributed by atoms with E-state index in [1.165, 1.54) is 25.7 Å². The molecule has 0 aliphatic rings. The predicted octanol–water partition coefficient (Wildman–Crippen LogP) is 5.50. The van der Waals surface area contributed by atoms with Crippen LogP contribution in [0.3, 0.4) is 0 Å². The third-order valence-electron chi connectivity index (χ3n) is 3.14. The van der Waals surface area contributed by atoms with Gasteiger partial charge in [0, 0.05) is 18.8 Å². The molecule has 0 bridgehead atoms. The molecule has 0 fully saturated rings. The van der Waals surface area contributed by atoms with Gasteiger partial charge < -0.3 is 4.90 Å². The van der Waals surface area contributed by atoms with Gasteiger partial charge in [-0.05, 0) is 25.0 Å². The Labute approximate surface area is 134 Å². The van der Waals surface area contributed by atoms with Crippen LogP contribution in [0, 0.1) is 0 Å². The van der Waals surface area contributed by atoms with Crippen LogP contribution < -0.4 is 0 Å². The molecule has 116 valence electrons. The highest BCUT2D eigenvalue weighted by Gasteiger charge is 2.11. The van der Waals surface area contributed by atoms with Gasteiger partial charge in [-0.25, -0.2) is 4.99 Å². The van der Waals surface area contributed by atoms with Gasteiger partial charge in [0.1, 0.15) is 0 Å². The van der Waals surface area contributed by atoms with E-state index >= 15 is 0 Å². The number of unbranched alkanes of at least 4 members (excludes halogenated alkanes) is 2. The fraction of sp³-hybridized carbons (Fsp3) is 0.500. The fourth-order valence-corrected chi connectivity index (χ4v) is 2.74. The van der Waals surface area contributed by atoms with E-state index in [-0.39, 0.29) is 0 Å². The summed E-state index contributed by atoms with van der Waals surface area (Å²) < 4.78 is 0. The number of aliphatic imine (C=N–C) groups is 1. The highest BCUT2D eigenvalue weighted by atomic mass is 32.2. The van der Waals surface area contributed by atoms with Crippen molar-refractivity contribution < 1.29 is 0 Å². The fourth-order valence-electron chi connectivity index (χ4n) is 1.94. The second-order valence-electron chi connectivity index (χ2n) is 5.02. The molecule has 0 amide bonds. The lowest BCUT2D eigenvalue weighted by Gasteiger charge is -2.25. The number of rotatable bonds is 9. The van der Waals surface area contributed by atoms with Crippen molar-refractivity contribution in [1.29, 1.82) is 0 Å². The topological polar surface area (TPSA) is 15.6 Å². The molecular formula is C18H28N2S. The zero-order valence-electron chi connectivity index (χ0n) is 13.4. The second kappa shape index (κ2) is 11.4. The highest BCUT2D eigenvalue weighted by molar-refractivity contribution is 8.13. The highest BCUT2D eigenvalue weighted by Crippen LogP contribution is 2.18. The van der Waals surface area contributed by atoms with Gasteiger partial charge in [-0.3, -0.25) is 0 Å². The van der Waals surface area contributed by atoms with E-state index in [1.807, 2.05) is 24.3 Å². The third kappa shape index (κ3) is 7.37. The van der Waals surface area contributed by atoms with Crippen LogP contribution in [0.15, 0.2) is 48.0 Å². The van der Waals surface area contributed by atoms with Gasteiger partial charge in [0.15, 0.2) is 5.17 Å². The zero-order valence-corrected chi connectivity index (χ0v) is 14.2. The molecule has 0 atom stereocenters. The predicted molar refractivity (Wildman–Crippen MR) is 97.6 cm³/mol. The van der Waals surface area contributed by atoms with E-state index < -0.39 is 0 Å². The summed E-state index contributed by atoms with van der Waals surface area (Å²) in [6.07, 6.45) is 6.81. The van der Waals surface area contributed by atoms with Gasteiger partial charge >= 0.3 is 0 Å². The van der Waals surface area contributed by atoms with E-state index in [2.05, 4.69) is 37.5 Å². The van der Waals surface area contributed by atoms with Crippen molar-refractivity contribution in [2.45, 2.75) is 39.5 Å². The number of hydrogen-bond donors (Lipinski definition) is 0. The van der Waals surface area contributed by atoms with Crippen molar-refractivity contribution in [3.05, 3.63) is 43.0 Å². The first-order valence-corrected chi connectivity index (χ1v) is 8.92. The zero-order chi connectivity index (χ0) is 15.3. The molecule has 0 aromatic heterocycles. The van der Waals surface area contributed by atoms with Crippen molar-refractivity contribution >= 4 is 22.6 Å². The van der Waals surface area contributed by atoms with E-state index in [0.29, 0.717) is 0 Å². The minimum absolute atomic E-state index is 0.903. The van der Waals surface area contributed by atoms with Crippen LogP contribution in [0.5, 0.6) is 0 Å². The summed E-state index contributed by atoms with van der Waals surface area (Å²) in [5, 5.41) is 1.13. The third-order valence-corrected chi connectivity index (χ3v) is 4.15. The molecule has 1 rings (SSSR count). The second-order valence-corrected chi connectivity index (χ2v) is 6.01. The number of nitrogens with zero attached hydrogens (tertiary/aromatic N) is 2. The Morgan fingerprint density at radius 2 is 1.76 bits per heavy atom. The monoisotopic (exact) mass is 304 g/mol. The van der Waals surface area contributed by atoms with Gasteiger partial charge in [-0.1, -0.05) is 62.7 Å². The first-order valence-electron chi connectivity index (χ1n) is 7.94. The smallest absolute Gasteiger partial charge is 0.164 e. The minimum atomic E-state index is 0.903. The molecule has 3 heteroatoms. The Bertz CT molecular complexity index is 406. The summed E-state index contributed by atoms with van der Waals surface area (Å²) in [4.78, 5) is 7.30. The molecule has 2 nitrogen and oxygen atoms in total. The van der Waals surface area contributed by atoms with Crippen molar-refractivity contribution in [1.82, 2.24) is 4.90 Å². The van der Waals surface area contributed by atoms with Crippen LogP contribution in [0.4, 0.5) is 5.69 Å². The molecule has 21 heavy (non-hydrogen) atoms. The molecular weight excluding hydrogens is 276 g/mol. The van der Waals surface area contributed by atoms with Crippen molar-refractivity contribution in [3.63, 3.8) is 0 Å². The Kier molecular flexibility index (Phi) is 9.71. The van der Waals surface area contributed by atoms with Crippen molar-refractivity contribution in [3.8, 4) is 0 Å². The molecule has 0 saturated heterocycles. The lowest BCUT2D eigenvalue weighted by molar-refractivity contribution is 0.405. The standard InChI is InChI=1S/C18H28N2S/c1-4-7-14-20(15-8-5-2)18(21-16-6-3)19-17-12-10-9-11-13-17/h6,9-13H,3-5,7-8,14-16H2,1-2H3. The Morgan fingerprint density at radius 3 is 2.29 bits per heavy atom. The molecule has 0 heterocycles. The number of thioether (sulfide) groups is 1. The van der Waals surface area contributed by atoms with Crippen molar-refractivity contribution in [2.24, 2.45) is 4.99 Å². The molecule has 0 saturated carbocycles. The molecule has 0 N–H and O–H groups in total. The molecule has 0 aliphatic heterocycles. The number of para-hydroxylation sites is 1. The number of benzene rings is 1. The quantitative estimate of drug-likeness (QED) is 0.340. The van der Waals surface area contributed by atoms with Crippen LogP contribution in [0.1, 0.15) is 39.5 Å². The average Bonchev–Trinajstić information content (AvgIpc) is 2.53. The minimum Gasteiger partial charge on any atom is -0.351 e. The number of hydrogen-bond acceptors (Lipinski definition) is 2. The largest absolute Gasteiger partial charge is 0.351 e. The molecule has 0 unspecified atom stereocenters. The van der Waals surface area contributed by atoms with Crippen LogP contribution in [0.2, 0.25) is 0 Å². The van der Waals surface area contributed by atoms with E-state index in [1.54, 1.807) is 11.8 Å². The van der Waals surface area contributed by atoms with Gasteiger partial charge in [0.25, 0.3) is 0 Å². The Morgan fingerprint density at radius 1 is 1.14 bits per heavy atom. The van der Waals surface area contributed by atoms with Gasteiger partial charge in [0.05, 0.1) is 5.69 Å². The lowest BCUT2D eigenvalue weighted by atomic mass is 10.3. The molecule has 0 aliphatic carbocycles. The van der Waals surface area contributed by atoms with E-state index in [9.17, 15) is 0 Å². The lowest BCUT2D eigenvalue weighted by Crippen LogP contribution is -2.31. The summed E-state index contributed by atoms with van der Waals surface area (Å²) in [7, 11) is 0. The summed E-state index contributed by atoms with van der Waals surface area (Å²) in [6.45, 7) is 10.5. The van der Waals surface area contributed by atoms with Gasteiger partial charge in [-0.15, -0.1) is 6.58 Å². The SMILES string of the molecule is C=CCSC(=Nc1ccccc1)N(CCCC)CCCC. The molecule has 1 aromatic carbocycles. The molecule has 0 spiro atoms. The summed E-state index contributed by atoms with van der Waals surface area (Å²) >= 11 is 1.78.